The van der Waals surface area contributed by atoms with Gasteiger partial charge >= 0.3 is 0 Å². The Balaban J connectivity index is 1.97. The fourth-order valence-corrected chi connectivity index (χ4v) is 5.46. The van der Waals surface area contributed by atoms with Crippen LogP contribution in [0.3, 0.4) is 0 Å². The second-order valence-corrected chi connectivity index (χ2v) is 9.25. The van der Waals surface area contributed by atoms with Crippen molar-refractivity contribution in [1.82, 2.24) is 3.97 Å². The summed E-state index contributed by atoms with van der Waals surface area (Å²) in [5.41, 5.74) is 2.82. The van der Waals surface area contributed by atoms with Crippen LogP contribution in [-0.4, -0.2) is 31.3 Å². The van der Waals surface area contributed by atoms with Crippen molar-refractivity contribution in [3.63, 3.8) is 0 Å². The highest BCUT2D eigenvalue weighted by Gasteiger charge is 2.26. The van der Waals surface area contributed by atoms with E-state index in [1.807, 2.05) is 25.1 Å². The van der Waals surface area contributed by atoms with Gasteiger partial charge in [0, 0.05) is 35.9 Å². The Morgan fingerprint density at radius 3 is 2.39 bits per heavy atom. The van der Waals surface area contributed by atoms with Crippen LogP contribution in [0, 0.1) is 6.92 Å². The Morgan fingerprint density at radius 1 is 1.00 bits per heavy atom. The van der Waals surface area contributed by atoms with Gasteiger partial charge in [-0.2, -0.15) is 0 Å². The summed E-state index contributed by atoms with van der Waals surface area (Å²) >= 11 is 0. The van der Waals surface area contributed by atoms with Gasteiger partial charge in [0.2, 0.25) is 0 Å². The molecule has 0 aliphatic carbocycles. The first-order valence-electron chi connectivity index (χ1n) is 9.62. The molecule has 2 heterocycles. The molecular formula is C22H24N2O3S. The molecule has 28 heavy (non-hydrogen) atoms. The third-order valence-corrected chi connectivity index (χ3v) is 7.07. The minimum Gasteiger partial charge on any atom is -0.371 e. The average molecular weight is 397 g/mol. The van der Waals surface area contributed by atoms with Crippen molar-refractivity contribution in [2.75, 3.05) is 18.0 Å². The van der Waals surface area contributed by atoms with Gasteiger partial charge in [0.1, 0.15) is 0 Å². The van der Waals surface area contributed by atoms with Gasteiger partial charge in [-0.25, -0.2) is 12.4 Å². The maximum absolute atomic E-state index is 13.4. The monoisotopic (exact) mass is 396 g/mol. The number of aryl methyl sites for hydroxylation is 1. The first kappa shape index (κ1) is 18.7. The van der Waals surface area contributed by atoms with Crippen LogP contribution in [0.2, 0.25) is 0 Å². The Kier molecular flexibility index (Phi) is 4.75. The average Bonchev–Trinajstić information content (AvgIpc) is 3.09. The van der Waals surface area contributed by atoms with Gasteiger partial charge in [-0.1, -0.05) is 18.2 Å². The Hall–Kier alpha value is -2.60. The molecule has 0 amide bonds. The van der Waals surface area contributed by atoms with Crippen LogP contribution in [0.1, 0.15) is 42.1 Å². The number of Topliss-reactive ketones (excluding diaryl/α,β-unsaturated/α-hetero) is 1. The molecule has 0 spiro atoms. The Bertz CT molecular complexity index is 1160. The number of anilines is 1. The van der Waals surface area contributed by atoms with E-state index < -0.39 is 10.0 Å². The number of aromatic nitrogens is 1. The van der Waals surface area contributed by atoms with E-state index >= 15 is 0 Å². The molecule has 0 atom stereocenters. The van der Waals surface area contributed by atoms with Gasteiger partial charge in [0.15, 0.2) is 5.78 Å². The lowest BCUT2D eigenvalue weighted by atomic mass is 10.0. The highest BCUT2D eigenvalue weighted by molar-refractivity contribution is 7.90. The summed E-state index contributed by atoms with van der Waals surface area (Å²) in [6.07, 6.45) is 4.90. The van der Waals surface area contributed by atoms with Crippen molar-refractivity contribution in [2.45, 2.75) is 38.0 Å². The van der Waals surface area contributed by atoms with E-state index in [9.17, 15) is 13.2 Å². The molecule has 0 unspecified atom stereocenters. The number of nitrogens with zero attached hydrogens (tertiary/aromatic N) is 2. The molecule has 0 N–H and O–H groups in total. The standard InChI is InChI=1S/C22H24N2O3S/c1-16-8-6-9-18(14-16)28(26,27)24-15-19(17(2)25)22-20(10-7-11-21(22)24)23-12-4-3-5-13-23/h6-11,14-15H,3-5,12-13H2,1-2H3. The van der Waals surface area contributed by atoms with Crippen LogP contribution in [0.25, 0.3) is 10.9 Å². The Labute approximate surface area is 165 Å². The SMILES string of the molecule is CC(=O)c1cn(S(=O)(=O)c2cccc(C)c2)c2cccc(N3CCCCC3)c12. The van der Waals surface area contributed by atoms with E-state index in [0.29, 0.717) is 11.1 Å². The normalized spacial score (nSPS) is 15.1. The molecule has 2 aromatic carbocycles. The summed E-state index contributed by atoms with van der Waals surface area (Å²) in [5.74, 6) is -0.132. The highest BCUT2D eigenvalue weighted by atomic mass is 32.2. The first-order valence-corrected chi connectivity index (χ1v) is 11.1. The third-order valence-electron chi connectivity index (χ3n) is 5.40. The molecule has 3 aromatic rings. The van der Waals surface area contributed by atoms with Crippen molar-refractivity contribution in [3.05, 3.63) is 59.8 Å². The predicted octanol–water partition coefficient (Wildman–Crippen LogP) is 4.38. The number of ketones is 1. The smallest absolute Gasteiger partial charge is 0.268 e. The number of carbonyl (C=O) groups excluding carboxylic acids is 1. The summed E-state index contributed by atoms with van der Waals surface area (Å²) in [6, 6.07) is 12.5. The number of piperidine rings is 1. The van der Waals surface area contributed by atoms with Crippen LogP contribution in [-0.2, 0) is 10.0 Å². The summed E-state index contributed by atoms with van der Waals surface area (Å²) in [5, 5.41) is 0.730. The van der Waals surface area contributed by atoms with E-state index in [2.05, 4.69) is 4.90 Å². The van der Waals surface area contributed by atoms with Gasteiger partial charge in [0.25, 0.3) is 10.0 Å². The van der Waals surface area contributed by atoms with Crippen molar-refractivity contribution in [1.29, 1.82) is 0 Å². The van der Waals surface area contributed by atoms with Crippen LogP contribution in [0.4, 0.5) is 5.69 Å². The molecule has 6 heteroatoms. The lowest BCUT2D eigenvalue weighted by Gasteiger charge is -2.29. The summed E-state index contributed by atoms with van der Waals surface area (Å²) in [7, 11) is -3.80. The highest BCUT2D eigenvalue weighted by Crippen LogP contribution is 2.35. The van der Waals surface area contributed by atoms with Crippen LogP contribution < -0.4 is 4.90 Å². The van der Waals surface area contributed by atoms with Gasteiger partial charge < -0.3 is 4.90 Å². The quantitative estimate of drug-likeness (QED) is 0.614. The largest absolute Gasteiger partial charge is 0.371 e. The second-order valence-electron chi connectivity index (χ2n) is 7.44. The summed E-state index contributed by atoms with van der Waals surface area (Å²) in [6.45, 7) is 5.20. The van der Waals surface area contributed by atoms with Gasteiger partial charge in [-0.15, -0.1) is 0 Å². The molecule has 1 saturated heterocycles. The molecule has 5 nitrogen and oxygen atoms in total. The fraction of sp³-hybridized carbons (Fsp3) is 0.318. The zero-order valence-corrected chi connectivity index (χ0v) is 17.0. The van der Waals surface area contributed by atoms with Crippen LogP contribution in [0.15, 0.2) is 53.6 Å². The molecule has 0 bridgehead atoms. The van der Waals surface area contributed by atoms with Crippen molar-refractivity contribution < 1.29 is 13.2 Å². The molecule has 1 aliphatic rings. The number of hydrogen-bond acceptors (Lipinski definition) is 4. The second kappa shape index (κ2) is 7.09. The fourth-order valence-electron chi connectivity index (χ4n) is 3.99. The molecule has 0 saturated carbocycles. The van der Waals surface area contributed by atoms with Crippen molar-refractivity contribution in [2.24, 2.45) is 0 Å². The number of fused-ring (bicyclic) bond motifs is 1. The molecule has 146 valence electrons. The summed E-state index contributed by atoms with van der Waals surface area (Å²) < 4.78 is 28.0. The van der Waals surface area contributed by atoms with Crippen molar-refractivity contribution in [3.8, 4) is 0 Å². The maximum atomic E-state index is 13.4. The maximum Gasteiger partial charge on any atom is 0.268 e. The molecular weight excluding hydrogens is 372 g/mol. The molecule has 0 radical (unpaired) electrons. The number of hydrogen-bond donors (Lipinski definition) is 0. The predicted molar refractivity (Wildman–Crippen MR) is 112 cm³/mol. The lowest BCUT2D eigenvalue weighted by molar-refractivity contribution is 0.101. The van der Waals surface area contributed by atoms with Gasteiger partial charge in [-0.05, 0) is 62.9 Å². The van der Waals surface area contributed by atoms with Crippen LogP contribution in [0.5, 0.6) is 0 Å². The van der Waals surface area contributed by atoms with E-state index in [0.717, 1.165) is 42.6 Å². The Morgan fingerprint density at radius 2 is 1.71 bits per heavy atom. The van der Waals surface area contributed by atoms with E-state index in [4.69, 9.17) is 0 Å². The number of rotatable bonds is 4. The van der Waals surface area contributed by atoms with E-state index in [1.165, 1.54) is 23.5 Å². The molecule has 1 fully saturated rings. The molecule has 4 rings (SSSR count). The van der Waals surface area contributed by atoms with Crippen LogP contribution >= 0.6 is 0 Å². The topological polar surface area (TPSA) is 59.4 Å². The van der Waals surface area contributed by atoms with E-state index in [1.54, 1.807) is 24.3 Å². The number of benzene rings is 2. The molecule has 1 aromatic heterocycles. The van der Waals surface area contributed by atoms with E-state index in [-0.39, 0.29) is 10.7 Å². The third kappa shape index (κ3) is 3.11. The first-order chi connectivity index (χ1) is 13.4. The zero-order valence-electron chi connectivity index (χ0n) is 16.2. The van der Waals surface area contributed by atoms with Crippen molar-refractivity contribution >= 4 is 32.4 Å². The zero-order chi connectivity index (χ0) is 19.9. The molecule has 1 aliphatic heterocycles. The summed E-state index contributed by atoms with van der Waals surface area (Å²) in [4.78, 5) is 14.9. The lowest BCUT2D eigenvalue weighted by Crippen LogP contribution is -2.29. The minimum absolute atomic E-state index is 0.132. The number of carbonyl (C=O) groups is 1. The minimum atomic E-state index is -3.80. The van der Waals surface area contributed by atoms with Gasteiger partial charge in [0.05, 0.1) is 10.4 Å². The van der Waals surface area contributed by atoms with Gasteiger partial charge in [-0.3, -0.25) is 4.79 Å².